The van der Waals surface area contributed by atoms with Crippen LogP contribution in [0.1, 0.15) is 11.1 Å². The van der Waals surface area contributed by atoms with Crippen molar-refractivity contribution in [2.24, 2.45) is 5.10 Å². The summed E-state index contributed by atoms with van der Waals surface area (Å²) in [5.74, 6) is 0.720. The second kappa shape index (κ2) is 12.3. The SMILES string of the molecule is O=C(CSc1nnc(SCc2ccccc2Cl)s1)N/N=C/C(Br)=C/c1ccccc1. The number of nitrogens with zero attached hydrogens (tertiary/aromatic N) is 3. The summed E-state index contributed by atoms with van der Waals surface area (Å²) in [5.41, 5.74) is 4.60. The third-order valence-corrected chi connectivity index (χ3v) is 7.55. The first kappa shape index (κ1) is 23.0. The Morgan fingerprint density at radius 1 is 1.10 bits per heavy atom. The van der Waals surface area contributed by atoms with Crippen molar-refractivity contribution in [2.45, 2.75) is 14.4 Å². The standard InChI is InChI=1S/C20H16BrClN4OS3/c21-16(10-14-6-2-1-3-7-14)11-23-24-18(27)13-29-20-26-25-19(30-20)28-12-15-8-4-5-9-17(15)22/h1-11H,12-13H2,(H,24,27)/b16-10-,23-11+. The number of amides is 1. The van der Waals surface area contributed by atoms with E-state index in [2.05, 4.69) is 36.7 Å². The zero-order valence-corrected chi connectivity index (χ0v) is 20.3. The number of aromatic nitrogens is 2. The fourth-order valence-corrected chi connectivity index (χ4v) is 5.60. The molecule has 3 rings (SSSR count). The smallest absolute Gasteiger partial charge is 0.250 e. The predicted octanol–water partition coefficient (Wildman–Crippen LogP) is 6.11. The zero-order valence-electron chi connectivity index (χ0n) is 15.5. The van der Waals surface area contributed by atoms with E-state index in [9.17, 15) is 4.79 Å². The molecule has 0 bridgehead atoms. The van der Waals surface area contributed by atoms with Crippen molar-refractivity contribution in [3.05, 3.63) is 75.2 Å². The number of allylic oxidation sites excluding steroid dienone is 1. The Morgan fingerprint density at radius 2 is 1.80 bits per heavy atom. The van der Waals surface area contributed by atoms with E-state index in [1.807, 2.05) is 60.7 Å². The quantitative estimate of drug-likeness (QED) is 0.202. The number of benzene rings is 2. The monoisotopic (exact) mass is 538 g/mol. The molecule has 0 radical (unpaired) electrons. The number of carbonyl (C=O) groups excluding carboxylic acids is 1. The molecule has 5 nitrogen and oxygen atoms in total. The molecule has 1 amide bonds. The van der Waals surface area contributed by atoms with Crippen LogP contribution in [0.4, 0.5) is 0 Å². The van der Waals surface area contributed by atoms with Gasteiger partial charge in [-0.05, 0) is 39.2 Å². The van der Waals surface area contributed by atoms with E-state index in [0.29, 0.717) is 0 Å². The van der Waals surface area contributed by atoms with Crippen LogP contribution < -0.4 is 5.43 Å². The number of thioether (sulfide) groups is 2. The van der Waals surface area contributed by atoms with Crippen molar-refractivity contribution in [1.82, 2.24) is 15.6 Å². The lowest BCUT2D eigenvalue weighted by atomic mass is 10.2. The van der Waals surface area contributed by atoms with Crippen LogP contribution >= 0.6 is 62.4 Å². The van der Waals surface area contributed by atoms with Crippen LogP contribution in [0.15, 0.2) is 72.9 Å². The summed E-state index contributed by atoms with van der Waals surface area (Å²) in [6, 6.07) is 17.5. The Morgan fingerprint density at radius 3 is 2.57 bits per heavy atom. The predicted molar refractivity (Wildman–Crippen MR) is 132 cm³/mol. The molecule has 0 spiro atoms. The molecule has 10 heteroatoms. The van der Waals surface area contributed by atoms with Crippen LogP contribution in [0.25, 0.3) is 6.08 Å². The summed E-state index contributed by atoms with van der Waals surface area (Å²) < 4.78 is 2.33. The maximum Gasteiger partial charge on any atom is 0.250 e. The summed E-state index contributed by atoms with van der Waals surface area (Å²) in [5, 5.41) is 13.0. The topological polar surface area (TPSA) is 67.2 Å². The highest BCUT2D eigenvalue weighted by Crippen LogP contribution is 2.32. The number of hydrogen-bond donors (Lipinski definition) is 1. The lowest BCUT2D eigenvalue weighted by Gasteiger charge is -2.00. The first-order chi connectivity index (χ1) is 14.6. The van der Waals surface area contributed by atoms with Gasteiger partial charge in [0.05, 0.1) is 12.0 Å². The van der Waals surface area contributed by atoms with Crippen LogP contribution in [-0.4, -0.2) is 28.1 Å². The van der Waals surface area contributed by atoms with Gasteiger partial charge in [-0.1, -0.05) is 95.0 Å². The fraction of sp³-hybridized carbons (Fsp3) is 0.100. The van der Waals surface area contributed by atoms with Crippen molar-refractivity contribution in [2.75, 3.05) is 5.75 Å². The molecule has 0 aliphatic rings. The second-order valence-corrected chi connectivity index (χ2v) is 10.5. The molecule has 0 fully saturated rings. The van der Waals surface area contributed by atoms with Crippen LogP contribution in [-0.2, 0) is 10.5 Å². The lowest BCUT2D eigenvalue weighted by molar-refractivity contribution is -0.118. The highest BCUT2D eigenvalue weighted by atomic mass is 79.9. The van der Waals surface area contributed by atoms with Gasteiger partial charge in [-0.25, -0.2) is 5.43 Å². The molecule has 1 aromatic heterocycles. The number of carbonyl (C=O) groups is 1. The third kappa shape index (κ3) is 7.88. The van der Waals surface area contributed by atoms with Crippen LogP contribution in [0, 0.1) is 0 Å². The zero-order chi connectivity index (χ0) is 21.2. The molecule has 0 atom stereocenters. The molecular formula is C20H16BrClN4OS3. The fourth-order valence-electron chi connectivity index (χ4n) is 2.14. The van der Waals surface area contributed by atoms with E-state index in [0.717, 1.165) is 35.1 Å². The van der Waals surface area contributed by atoms with Crippen molar-refractivity contribution < 1.29 is 4.79 Å². The van der Waals surface area contributed by atoms with Crippen LogP contribution in [0.5, 0.6) is 0 Å². The van der Waals surface area contributed by atoms with Crippen molar-refractivity contribution in [1.29, 1.82) is 0 Å². The molecule has 3 aromatic rings. The van der Waals surface area contributed by atoms with Crippen molar-refractivity contribution in [3.8, 4) is 0 Å². The number of hydrazone groups is 1. The molecule has 0 saturated heterocycles. The number of rotatable bonds is 9. The van der Waals surface area contributed by atoms with E-state index in [1.54, 1.807) is 18.0 Å². The van der Waals surface area contributed by atoms with E-state index in [-0.39, 0.29) is 11.7 Å². The minimum absolute atomic E-state index is 0.209. The molecule has 0 aliphatic carbocycles. The van der Waals surface area contributed by atoms with Gasteiger partial charge in [0.15, 0.2) is 8.68 Å². The Hall–Kier alpha value is -1.65. The minimum atomic E-state index is -0.211. The van der Waals surface area contributed by atoms with Crippen LogP contribution in [0.3, 0.4) is 0 Å². The number of halogens is 2. The first-order valence-electron chi connectivity index (χ1n) is 8.67. The molecule has 1 heterocycles. The van der Waals surface area contributed by atoms with Crippen LogP contribution in [0.2, 0.25) is 5.02 Å². The van der Waals surface area contributed by atoms with Gasteiger partial charge in [0.25, 0.3) is 5.91 Å². The van der Waals surface area contributed by atoms with Gasteiger partial charge in [0, 0.05) is 15.3 Å². The summed E-state index contributed by atoms with van der Waals surface area (Å²) in [4.78, 5) is 12.0. The largest absolute Gasteiger partial charge is 0.272 e. The van der Waals surface area contributed by atoms with Crippen molar-refractivity contribution >= 4 is 80.6 Å². The molecule has 30 heavy (non-hydrogen) atoms. The first-order valence-corrected chi connectivity index (χ1v) is 12.6. The molecule has 0 saturated carbocycles. The second-order valence-electron chi connectivity index (χ2n) is 5.74. The van der Waals surface area contributed by atoms with Gasteiger partial charge < -0.3 is 0 Å². The van der Waals surface area contributed by atoms with E-state index in [4.69, 9.17) is 11.6 Å². The highest BCUT2D eigenvalue weighted by Gasteiger charge is 2.09. The average Bonchev–Trinajstić information content (AvgIpc) is 3.20. The maximum atomic E-state index is 12.0. The number of nitrogens with one attached hydrogen (secondary N) is 1. The van der Waals surface area contributed by atoms with E-state index < -0.39 is 0 Å². The molecule has 1 N–H and O–H groups in total. The maximum absolute atomic E-state index is 12.0. The Kier molecular flexibility index (Phi) is 9.41. The summed E-state index contributed by atoms with van der Waals surface area (Å²) in [6.45, 7) is 0. The average molecular weight is 540 g/mol. The lowest BCUT2D eigenvalue weighted by Crippen LogP contribution is -2.19. The summed E-state index contributed by atoms with van der Waals surface area (Å²) in [7, 11) is 0. The van der Waals surface area contributed by atoms with Gasteiger partial charge in [-0.15, -0.1) is 10.2 Å². The molecule has 0 unspecified atom stereocenters. The van der Waals surface area contributed by atoms with E-state index >= 15 is 0 Å². The molecule has 2 aromatic carbocycles. The molecule has 154 valence electrons. The minimum Gasteiger partial charge on any atom is -0.272 e. The van der Waals surface area contributed by atoms with Gasteiger partial charge in [0.1, 0.15) is 0 Å². The molecule has 0 aliphatic heterocycles. The Balaban J connectivity index is 1.41. The van der Waals surface area contributed by atoms with Gasteiger partial charge >= 0.3 is 0 Å². The molecular weight excluding hydrogens is 524 g/mol. The summed E-state index contributed by atoms with van der Waals surface area (Å²) >= 11 is 13.9. The third-order valence-electron chi connectivity index (χ3n) is 3.50. The van der Waals surface area contributed by atoms with E-state index in [1.165, 1.54) is 23.1 Å². The van der Waals surface area contributed by atoms with Gasteiger partial charge in [0.2, 0.25) is 0 Å². The number of hydrogen-bond acceptors (Lipinski definition) is 7. The van der Waals surface area contributed by atoms with Gasteiger partial charge in [-0.3, -0.25) is 4.79 Å². The Labute approximate surface area is 200 Å². The summed E-state index contributed by atoms with van der Waals surface area (Å²) in [6.07, 6.45) is 3.46. The normalized spacial score (nSPS) is 11.7. The van der Waals surface area contributed by atoms with Gasteiger partial charge in [-0.2, -0.15) is 5.10 Å². The Bertz CT molecular complexity index is 1040. The van der Waals surface area contributed by atoms with Crippen molar-refractivity contribution in [3.63, 3.8) is 0 Å². The highest BCUT2D eigenvalue weighted by molar-refractivity contribution is 9.12.